The van der Waals surface area contributed by atoms with Gasteiger partial charge in [0.2, 0.25) is 0 Å². The van der Waals surface area contributed by atoms with Crippen molar-refractivity contribution < 1.29 is 14.3 Å². The molecule has 2 saturated carbocycles. The summed E-state index contributed by atoms with van der Waals surface area (Å²) < 4.78 is 5.48. The van der Waals surface area contributed by atoms with Crippen molar-refractivity contribution in [3.63, 3.8) is 0 Å². The van der Waals surface area contributed by atoms with Crippen LogP contribution in [-0.2, 0) is 9.53 Å². The molecule has 4 nitrogen and oxygen atoms in total. The van der Waals surface area contributed by atoms with Gasteiger partial charge in [-0.05, 0) is 39.2 Å². The molecule has 19 heavy (non-hydrogen) atoms. The Kier molecular flexibility index (Phi) is 2.42. The van der Waals surface area contributed by atoms with E-state index >= 15 is 0 Å². The molecule has 1 spiro atoms. The summed E-state index contributed by atoms with van der Waals surface area (Å²) in [6.07, 6.45) is 2.06. The molecule has 0 aromatic carbocycles. The van der Waals surface area contributed by atoms with Crippen molar-refractivity contribution in [1.29, 1.82) is 0 Å². The van der Waals surface area contributed by atoms with Crippen LogP contribution in [-0.4, -0.2) is 34.5 Å². The van der Waals surface area contributed by atoms with Gasteiger partial charge in [0.05, 0.1) is 11.5 Å². The summed E-state index contributed by atoms with van der Waals surface area (Å²) in [5.74, 6) is 0.455. The number of fused-ring (bicyclic) bond motifs is 1. The number of rotatable bonds is 0. The van der Waals surface area contributed by atoms with Gasteiger partial charge in [-0.2, -0.15) is 0 Å². The van der Waals surface area contributed by atoms with Crippen molar-refractivity contribution in [1.82, 2.24) is 4.90 Å². The van der Waals surface area contributed by atoms with E-state index in [1.54, 1.807) is 4.90 Å². The Balaban J connectivity index is 1.88. The zero-order valence-corrected chi connectivity index (χ0v) is 11.9. The summed E-state index contributed by atoms with van der Waals surface area (Å²) in [7, 11) is 0. The topological polar surface area (TPSA) is 46.6 Å². The maximum absolute atomic E-state index is 12.4. The van der Waals surface area contributed by atoms with Gasteiger partial charge >= 0.3 is 6.09 Å². The summed E-state index contributed by atoms with van der Waals surface area (Å²) in [5.41, 5.74) is 0.148. The maximum atomic E-state index is 12.4. The molecule has 0 aromatic rings. The van der Waals surface area contributed by atoms with E-state index in [1.165, 1.54) is 0 Å². The van der Waals surface area contributed by atoms with E-state index in [4.69, 9.17) is 4.74 Å². The van der Waals surface area contributed by atoms with Crippen LogP contribution in [0, 0.1) is 11.8 Å². The van der Waals surface area contributed by atoms with Crippen molar-refractivity contribution >= 4 is 11.9 Å². The fourth-order valence-corrected chi connectivity index (χ4v) is 4.06. The quantitative estimate of drug-likeness (QED) is 0.631. The summed E-state index contributed by atoms with van der Waals surface area (Å²) in [6, 6.07) is 0. The first kappa shape index (κ1) is 12.7. The first-order valence-electron chi connectivity index (χ1n) is 7.00. The Morgan fingerprint density at radius 1 is 1.47 bits per heavy atom. The SMILES string of the molecule is C=C1[C@@H]2CN(C(=O)OC(C)(C)C)[C@]13CCCC(=O)[C@H]23. The average Bonchev–Trinajstić information content (AvgIpc) is 2.77. The number of Topliss-reactive ketones (excluding diaryl/α,β-unsaturated/α-hetero) is 1. The molecule has 4 heteroatoms. The van der Waals surface area contributed by atoms with Gasteiger partial charge in [-0.3, -0.25) is 9.69 Å². The summed E-state index contributed by atoms with van der Waals surface area (Å²) in [4.78, 5) is 26.2. The lowest BCUT2D eigenvalue weighted by molar-refractivity contribution is -0.132. The normalized spacial score (nSPS) is 36.9. The molecule has 2 aliphatic carbocycles. The zero-order chi connectivity index (χ0) is 14.0. The van der Waals surface area contributed by atoms with Crippen LogP contribution in [0.5, 0.6) is 0 Å². The van der Waals surface area contributed by atoms with Gasteiger partial charge in [0.1, 0.15) is 11.4 Å². The van der Waals surface area contributed by atoms with Gasteiger partial charge in [0, 0.05) is 18.9 Å². The summed E-state index contributed by atoms with van der Waals surface area (Å²) in [5, 5.41) is 0. The molecule has 2 saturated heterocycles. The van der Waals surface area contributed by atoms with Crippen molar-refractivity contribution in [2.75, 3.05) is 6.54 Å². The minimum Gasteiger partial charge on any atom is -0.444 e. The lowest BCUT2D eigenvalue weighted by atomic mass is 9.53. The van der Waals surface area contributed by atoms with Crippen LogP contribution in [0.15, 0.2) is 12.2 Å². The van der Waals surface area contributed by atoms with Gasteiger partial charge in [0.25, 0.3) is 0 Å². The van der Waals surface area contributed by atoms with Gasteiger partial charge in [-0.15, -0.1) is 0 Å². The first-order valence-corrected chi connectivity index (χ1v) is 7.00. The van der Waals surface area contributed by atoms with Gasteiger partial charge in [-0.25, -0.2) is 4.79 Å². The fourth-order valence-electron chi connectivity index (χ4n) is 4.06. The van der Waals surface area contributed by atoms with Crippen molar-refractivity contribution in [2.45, 2.75) is 51.2 Å². The second-order valence-corrected chi connectivity index (χ2v) is 6.94. The zero-order valence-electron chi connectivity index (χ0n) is 11.9. The van der Waals surface area contributed by atoms with E-state index in [9.17, 15) is 9.59 Å². The van der Waals surface area contributed by atoms with E-state index in [1.807, 2.05) is 20.8 Å². The number of carbonyl (C=O) groups excluding carboxylic acids is 2. The molecule has 0 radical (unpaired) electrons. The lowest BCUT2D eigenvalue weighted by Crippen LogP contribution is -2.61. The summed E-state index contributed by atoms with van der Waals surface area (Å²) in [6.45, 7) is 10.3. The highest BCUT2D eigenvalue weighted by Gasteiger charge is 2.71. The standard InChI is InChI=1S/C15H21NO3/c1-9-10-8-16(13(18)19-14(2,3)4)15(9)7-5-6-11(17)12(10)15/h10,12H,1,5-8H2,2-4H3/t10-,12-,15+/m0/s1. The third-order valence-corrected chi connectivity index (χ3v) is 4.72. The molecule has 4 aliphatic rings. The van der Waals surface area contributed by atoms with E-state index < -0.39 is 11.1 Å². The molecule has 4 rings (SSSR count). The van der Waals surface area contributed by atoms with E-state index in [2.05, 4.69) is 6.58 Å². The second-order valence-electron chi connectivity index (χ2n) is 6.94. The number of amides is 1. The average molecular weight is 263 g/mol. The molecule has 0 N–H and O–H groups in total. The van der Waals surface area contributed by atoms with Crippen LogP contribution >= 0.6 is 0 Å². The Hall–Kier alpha value is -1.32. The highest BCUT2D eigenvalue weighted by Crippen LogP contribution is 2.63. The number of hydrogen-bond donors (Lipinski definition) is 0. The van der Waals surface area contributed by atoms with Crippen LogP contribution in [0.1, 0.15) is 40.0 Å². The molecule has 2 heterocycles. The number of hydrogen-bond acceptors (Lipinski definition) is 3. The first-order chi connectivity index (χ1) is 8.77. The van der Waals surface area contributed by atoms with Crippen LogP contribution in [0.2, 0.25) is 0 Å². The predicted octanol–water partition coefficient (Wildman–Crippen LogP) is 2.53. The Morgan fingerprint density at radius 2 is 2.16 bits per heavy atom. The van der Waals surface area contributed by atoms with Gasteiger partial charge < -0.3 is 4.74 Å². The van der Waals surface area contributed by atoms with E-state index in [0.29, 0.717) is 18.7 Å². The maximum Gasteiger partial charge on any atom is 0.411 e. The highest BCUT2D eigenvalue weighted by molar-refractivity contribution is 5.90. The smallest absolute Gasteiger partial charge is 0.411 e. The largest absolute Gasteiger partial charge is 0.444 e. The van der Waals surface area contributed by atoms with Crippen LogP contribution in [0.25, 0.3) is 0 Å². The van der Waals surface area contributed by atoms with Gasteiger partial charge in [0.15, 0.2) is 0 Å². The Morgan fingerprint density at radius 3 is 2.79 bits per heavy atom. The molecule has 0 unspecified atom stereocenters. The molecule has 3 atom stereocenters. The minimum absolute atomic E-state index is 0.0127. The Labute approximate surface area is 113 Å². The fraction of sp³-hybridized carbons (Fsp3) is 0.733. The van der Waals surface area contributed by atoms with Crippen LogP contribution in [0.4, 0.5) is 4.79 Å². The molecular weight excluding hydrogens is 242 g/mol. The van der Waals surface area contributed by atoms with E-state index in [-0.39, 0.29) is 17.9 Å². The number of ether oxygens (including phenoxy) is 1. The highest BCUT2D eigenvalue weighted by atomic mass is 16.6. The monoisotopic (exact) mass is 263 g/mol. The van der Waals surface area contributed by atoms with Crippen molar-refractivity contribution in [3.8, 4) is 0 Å². The van der Waals surface area contributed by atoms with E-state index in [0.717, 1.165) is 18.4 Å². The second kappa shape index (κ2) is 3.62. The number of carbonyl (C=O) groups is 2. The molecule has 2 aliphatic heterocycles. The lowest BCUT2D eigenvalue weighted by Gasteiger charge is -2.52. The molecule has 104 valence electrons. The van der Waals surface area contributed by atoms with Crippen molar-refractivity contribution in [2.24, 2.45) is 11.8 Å². The van der Waals surface area contributed by atoms with Crippen molar-refractivity contribution in [3.05, 3.63) is 12.2 Å². The third kappa shape index (κ3) is 1.52. The Bertz CT molecular complexity index is 476. The molecular formula is C15H21NO3. The molecule has 4 fully saturated rings. The molecule has 2 bridgehead atoms. The third-order valence-electron chi connectivity index (χ3n) is 4.72. The van der Waals surface area contributed by atoms with Gasteiger partial charge in [-0.1, -0.05) is 6.58 Å². The summed E-state index contributed by atoms with van der Waals surface area (Å²) >= 11 is 0. The predicted molar refractivity (Wildman–Crippen MR) is 70.6 cm³/mol. The molecule has 1 amide bonds. The van der Waals surface area contributed by atoms with Crippen LogP contribution < -0.4 is 0 Å². The number of nitrogens with zero attached hydrogens (tertiary/aromatic N) is 1. The number of ketones is 1. The minimum atomic E-state index is -0.504. The molecule has 0 aromatic heterocycles. The van der Waals surface area contributed by atoms with Crippen LogP contribution in [0.3, 0.4) is 0 Å².